The molecule has 0 amide bonds. The van der Waals surface area contributed by atoms with Crippen LogP contribution in [0.2, 0.25) is 0 Å². The molecule has 1 aromatic carbocycles. The summed E-state index contributed by atoms with van der Waals surface area (Å²) in [7, 11) is 0. The van der Waals surface area contributed by atoms with Crippen molar-refractivity contribution in [3.63, 3.8) is 0 Å². The quantitative estimate of drug-likeness (QED) is 0.539. The van der Waals surface area contributed by atoms with Gasteiger partial charge in [-0.25, -0.2) is 4.39 Å². The number of nitrogen functional groups attached to an aromatic ring is 1. The number of halogens is 1. The second kappa shape index (κ2) is 4.67. The number of hydrogen-bond donors (Lipinski definition) is 3. The Morgan fingerprint density at radius 1 is 1.53 bits per heavy atom. The number of nitrogens with one attached hydrogen (secondary N) is 2. The molecule has 90 valence electrons. The minimum Gasteiger partial charge on any atom is -0.398 e. The number of anilines is 1. The topological polar surface area (TPSA) is 61.9 Å². The van der Waals surface area contributed by atoms with Crippen LogP contribution in [0.4, 0.5) is 10.1 Å². The molecule has 0 fully saturated rings. The first-order valence-corrected chi connectivity index (χ1v) is 5.59. The second-order valence-corrected chi connectivity index (χ2v) is 4.23. The van der Waals surface area contributed by atoms with Crippen molar-refractivity contribution in [1.82, 2.24) is 5.32 Å². The van der Waals surface area contributed by atoms with E-state index >= 15 is 0 Å². The van der Waals surface area contributed by atoms with Crippen LogP contribution < -0.4 is 11.1 Å². The van der Waals surface area contributed by atoms with Gasteiger partial charge in [0.25, 0.3) is 0 Å². The highest BCUT2D eigenvalue weighted by molar-refractivity contribution is 5.88. The van der Waals surface area contributed by atoms with Gasteiger partial charge in [-0.1, -0.05) is 6.08 Å². The maximum Gasteiger partial charge on any atom is 0.138 e. The number of hydrogen-bond acceptors (Lipinski definition) is 3. The molecular formula is C13H16FN3. The lowest BCUT2D eigenvalue weighted by Crippen LogP contribution is -2.30. The van der Waals surface area contributed by atoms with Gasteiger partial charge in [-0.2, -0.15) is 0 Å². The van der Waals surface area contributed by atoms with Gasteiger partial charge in [0, 0.05) is 30.6 Å². The van der Waals surface area contributed by atoms with Crippen molar-refractivity contribution in [1.29, 1.82) is 5.41 Å². The summed E-state index contributed by atoms with van der Waals surface area (Å²) >= 11 is 0. The highest BCUT2D eigenvalue weighted by Crippen LogP contribution is 2.28. The predicted octanol–water partition coefficient (Wildman–Crippen LogP) is 1.90. The fourth-order valence-electron chi connectivity index (χ4n) is 2.09. The van der Waals surface area contributed by atoms with Crippen molar-refractivity contribution < 1.29 is 4.39 Å². The van der Waals surface area contributed by atoms with E-state index in [1.807, 2.05) is 19.1 Å². The van der Waals surface area contributed by atoms with E-state index in [-0.39, 0.29) is 0 Å². The van der Waals surface area contributed by atoms with Crippen LogP contribution in [-0.2, 0) is 0 Å². The fraction of sp³-hybridized carbons (Fsp3) is 0.308. The normalized spacial score (nSPS) is 19.9. The number of nitrogens with two attached hydrogens (primary N) is 1. The lowest BCUT2D eigenvalue weighted by Gasteiger charge is -2.21. The van der Waals surface area contributed by atoms with Gasteiger partial charge >= 0.3 is 0 Å². The Labute approximate surface area is 100 Å². The van der Waals surface area contributed by atoms with Crippen LogP contribution in [0.1, 0.15) is 16.7 Å². The molecule has 0 saturated carbocycles. The van der Waals surface area contributed by atoms with Gasteiger partial charge in [-0.15, -0.1) is 0 Å². The average Bonchev–Trinajstić information content (AvgIpc) is 2.32. The summed E-state index contributed by atoms with van der Waals surface area (Å²) in [5, 5.41) is 10.2. The zero-order valence-electron chi connectivity index (χ0n) is 9.76. The van der Waals surface area contributed by atoms with E-state index in [0.717, 1.165) is 11.1 Å². The van der Waals surface area contributed by atoms with Crippen LogP contribution in [0.25, 0.3) is 5.57 Å². The molecule has 1 heterocycles. The van der Waals surface area contributed by atoms with Gasteiger partial charge in [0.15, 0.2) is 0 Å². The first-order chi connectivity index (χ1) is 8.13. The fourth-order valence-corrected chi connectivity index (χ4v) is 2.09. The average molecular weight is 233 g/mol. The Hall–Kier alpha value is -1.68. The molecule has 4 heteroatoms. The van der Waals surface area contributed by atoms with Crippen LogP contribution in [0.15, 0.2) is 18.2 Å². The number of benzene rings is 1. The van der Waals surface area contributed by atoms with Gasteiger partial charge in [-0.05, 0) is 35.8 Å². The van der Waals surface area contributed by atoms with E-state index in [1.165, 1.54) is 6.21 Å². The predicted molar refractivity (Wildman–Crippen MR) is 69.2 cm³/mol. The third-order valence-electron chi connectivity index (χ3n) is 3.02. The molecule has 2 rings (SSSR count). The standard InChI is InChI=1S/C13H16FN3/c1-8-4-9(6-15)13(16)5-11(8)10-2-3-17-7-12(10)14/h2,4-6,12,15,17H,3,7,16H2,1H3. The molecule has 0 bridgehead atoms. The van der Waals surface area contributed by atoms with E-state index < -0.39 is 6.17 Å². The zero-order valence-corrected chi connectivity index (χ0v) is 9.76. The van der Waals surface area contributed by atoms with Crippen molar-refractivity contribution >= 4 is 17.5 Å². The van der Waals surface area contributed by atoms with Gasteiger partial charge < -0.3 is 16.5 Å². The molecule has 3 nitrogen and oxygen atoms in total. The molecule has 1 unspecified atom stereocenters. The Kier molecular flexibility index (Phi) is 3.24. The van der Waals surface area contributed by atoms with Gasteiger partial charge in [0.05, 0.1) is 0 Å². The molecule has 1 aliphatic rings. The Bertz CT molecular complexity index is 480. The summed E-state index contributed by atoms with van der Waals surface area (Å²) < 4.78 is 13.8. The van der Waals surface area contributed by atoms with Crippen LogP contribution in [-0.4, -0.2) is 25.5 Å². The zero-order chi connectivity index (χ0) is 12.4. The van der Waals surface area contributed by atoms with Crippen LogP contribution in [0, 0.1) is 12.3 Å². The maximum atomic E-state index is 13.8. The van der Waals surface area contributed by atoms with Crippen molar-refractivity contribution in [2.45, 2.75) is 13.1 Å². The third-order valence-corrected chi connectivity index (χ3v) is 3.02. The highest BCUT2D eigenvalue weighted by Gasteiger charge is 2.19. The van der Waals surface area contributed by atoms with E-state index in [2.05, 4.69) is 5.32 Å². The van der Waals surface area contributed by atoms with Crippen molar-refractivity contribution in [2.24, 2.45) is 0 Å². The van der Waals surface area contributed by atoms with E-state index in [4.69, 9.17) is 11.1 Å². The first kappa shape index (κ1) is 11.8. The molecule has 4 N–H and O–H groups in total. The van der Waals surface area contributed by atoms with Crippen LogP contribution >= 0.6 is 0 Å². The summed E-state index contributed by atoms with van der Waals surface area (Å²) in [4.78, 5) is 0. The molecular weight excluding hydrogens is 217 g/mol. The lowest BCUT2D eigenvalue weighted by molar-refractivity contribution is 0.387. The van der Waals surface area contributed by atoms with Gasteiger partial charge in [-0.3, -0.25) is 0 Å². The maximum absolute atomic E-state index is 13.8. The number of rotatable bonds is 2. The van der Waals surface area contributed by atoms with E-state index in [1.54, 1.807) is 6.07 Å². The van der Waals surface area contributed by atoms with Crippen LogP contribution in [0.5, 0.6) is 0 Å². The SMILES string of the molecule is Cc1cc(C=N)c(N)cc1C1=CCNCC1F. The van der Waals surface area contributed by atoms with Crippen molar-refractivity contribution in [3.05, 3.63) is 34.9 Å². The monoisotopic (exact) mass is 233 g/mol. The van der Waals surface area contributed by atoms with Crippen LogP contribution in [0.3, 0.4) is 0 Å². The van der Waals surface area contributed by atoms with Crippen molar-refractivity contribution in [2.75, 3.05) is 18.8 Å². The highest BCUT2D eigenvalue weighted by atomic mass is 19.1. The number of aryl methyl sites for hydroxylation is 1. The first-order valence-electron chi connectivity index (χ1n) is 5.59. The Morgan fingerprint density at radius 3 is 2.94 bits per heavy atom. The second-order valence-electron chi connectivity index (χ2n) is 4.23. The van der Waals surface area contributed by atoms with Gasteiger partial charge in [0.1, 0.15) is 6.17 Å². The molecule has 0 spiro atoms. The summed E-state index contributed by atoms with van der Waals surface area (Å²) in [6, 6.07) is 3.59. The third kappa shape index (κ3) is 2.22. The molecule has 1 atom stereocenters. The Morgan fingerprint density at radius 2 is 2.29 bits per heavy atom. The minimum atomic E-state index is -0.993. The molecule has 0 aliphatic carbocycles. The summed E-state index contributed by atoms with van der Waals surface area (Å²) in [5.74, 6) is 0. The molecule has 1 aromatic rings. The molecule has 0 saturated heterocycles. The summed E-state index contributed by atoms with van der Waals surface area (Å²) in [5.41, 5.74) is 9.53. The molecule has 0 aromatic heterocycles. The van der Waals surface area contributed by atoms with E-state index in [0.29, 0.717) is 29.9 Å². The Balaban J connectivity index is 2.49. The van der Waals surface area contributed by atoms with Crippen molar-refractivity contribution in [3.8, 4) is 0 Å². The smallest absolute Gasteiger partial charge is 0.138 e. The largest absolute Gasteiger partial charge is 0.398 e. The summed E-state index contributed by atoms with van der Waals surface area (Å²) in [6.07, 6.45) is 2.09. The van der Waals surface area contributed by atoms with E-state index in [9.17, 15) is 4.39 Å². The summed E-state index contributed by atoms with van der Waals surface area (Å²) in [6.45, 7) is 2.94. The molecule has 0 radical (unpaired) electrons. The lowest BCUT2D eigenvalue weighted by atomic mass is 9.93. The number of alkyl halides is 1. The minimum absolute atomic E-state index is 0.345. The molecule has 1 aliphatic heterocycles. The molecule has 17 heavy (non-hydrogen) atoms. The van der Waals surface area contributed by atoms with Gasteiger partial charge in [0.2, 0.25) is 0 Å².